The third-order valence-electron chi connectivity index (χ3n) is 3.91. The SMILES string of the molecule is CCCNC1CCCCC1OCCC1CC1. The summed E-state index contributed by atoms with van der Waals surface area (Å²) in [7, 11) is 0. The van der Waals surface area contributed by atoms with E-state index in [-0.39, 0.29) is 0 Å². The molecule has 2 heteroatoms. The Labute approximate surface area is 100 Å². The Hall–Kier alpha value is -0.0800. The average Bonchev–Trinajstić information content (AvgIpc) is 3.12. The normalized spacial score (nSPS) is 30.6. The highest BCUT2D eigenvalue weighted by Crippen LogP contribution is 2.32. The van der Waals surface area contributed by atoms with Crippen LogP contribution in [0, 0.1) is 5.92 Å². The summed E-state index contributed by atoms with van der Waals surface area (Å²) in [6, 6.07) is 0.632. The first-order chi connectivity index (χ1) is 7.90. The molecule has 1 N–H and O–H groups in total. The smallest absolute Gasteiger partial charge is 0.0728 e. The van der Waals surface area contributed by atoms with Crippen LogP contribution in [0.3, 0.4) is 0 Å². The van der Waals surface area contributed by atoms with Gasteiger partial charge in [-0.15, -0.1) is 0 Å². The van der Waals surface area contributed by atoms with Gasteiger partial charge in [0.2, 0.25) is 0 Å². The summed E-state index contributed by atoms with van der Waals surface area (Å²) in [5.74, 6) is 1.01. The van der Waals surface area contributed by atoms with E-state index in [1.54, 1.807) is 0 Å². The molecule has 0 aromatic heterocycles. The van der Waals surface area contributed by atoms with Crippen molar-refractivity contribution in [3.8, 4) is 0 Å². The minimum absolute atomic E-state index is 0.499. The molecule has 2 rings (SSSR count). The van der Waals surface area contributed by atoms with Crippen molar-refractivity contribution in [2.75, 3.05) is 13.2 Å². The number of hydrogen-bond donors (Lipinski definition) is 1. The second-order valence-corrected chi connectivity index (χ2v) is 5.49. The fraction of sp³-hybridized carbons (Fsp3) is 1.00. The molecule has 2 nitrogen and oxygen atoms in total. The molecule has 2 aliphatic rings. The topological polar surface area (TPSA) is 21.3 Å². The molecule has 16 heavy (non-hydrogen) atoms. The zero-order valence-electron chi connectivity index (χ0n) is 10.7. The van der Waals surface area contributed by atoms with Crippen molar-refractivity contribution < 1.29 is 4.74 Å². The molecule has 2 saturated carbocycles. The van der Waals surface area contributed by atoms with Crippen LogP contribution in [0.1, 0.15) is 58.3 Å². The maximum atomic E-state index is 6.08. The van der Waals surface area contributed by atoms with Crippen LogP contribution in [0.5, 0.6) is 0 Å². The predicted octanol–water partition coefficient (Wildman–Crippen LogP) is 3.11. The fourth-order valence-electron chi connectivity index (χ4n) is 2.65. The summed E-state index contributed by atoms with van der Waals surface area (Å²) in [6.45, 7) is 4.38. The first-order valence-corrected chi connectivity index (χ1v) is 7.25. The lowest BCUT2D eigenvalue weighted by Crippen LogP contribution is -2.44. The summed E-state index contributed by atoms with van der Waals surface area (Å²) >= 11 is 0. The van der Waals surface area contributed by atoms with Gasteiger partial charge in [0.1, 0.15) is 0 Å². The van der Waals surface area contributed by atoms with Crippen LogP contribution in [-0.4, -0.2) is 25.3 Å². The van der Waals surface area contributed by atoms with Crippen LogP contribution in [0.4, 0.5) is 0 Å². The van der Waals surface area contributed by atoms with E-state index >= 15 is 0 Å². The van der Waals surface area contributed by atoms with Crippen LogP contribution in [0.15, 0.2) is 0 Å². The molecule has 0 radical (unpaired) electrons. The molecule has 0 aromatic rings. The van der Waals surface area contributed by atoms with Crippen LogP contribution < -0.4 is 5.32 Å². The summed E-state index contributed by atoms with van der Waals surface area (Å²) < 4.78 is 6.08. The van der Waals surface area contributed by atoms with E-state index in [9.17, 15) is 0 Å². The average molecular weight is 225 g/mol. The van der Waals surface area contributed by atoms with Gasteiger partial charge in [0.05, 0.1) is 6.10 Å². The van der Waals surface area contributed by atoms with Crippen molar-refractivity contribution in [3.05, 3.63) is 0 Å². The lowest BCUT2D eigenvalue weighted by molar-refractivity contribution is 0.00259. The molecule has 2 atom stereocenters. The van der Waals surface area contributed by atoms with Crippen molar-refractivity contribution in [2.24, 2.45) is 5.92 Å². The molecule has 0 amide bonds. The number of hydrogen-bond acceptors (Lipinski definition) is 2. The monoisotopic (exact) mass is 225 g/mol. The molecule has 2 unspecified atom stereocenters. The van der Waals surface area contributed by atoms with Gasteiger partial charge in [-0.3, -0.25) is 0 Å². The van der Waals surface area contributed by atoms with Gasteiger partial charge in [-0.1, -0.05) is 32.6 Å². The number of ether oxygens (including phenoxy) is 1. The number of rotatable bonds is 7. The third kappa shape index (κ3) is 4.06. The van der Waals surface area contributed by atoms with Gasteiger partial charge in [-0.2, -0.15) is 0 Å². The molecule has 2 fully saturated rings. The summed E-state index contributed by atoms with van der Waals surface area (Å²) in [5, 5.41) is 3.65. The third-order valence-corrected chi connectivity index (χ3v) is 3.91. The van der Waals surface area contributed by atoms with Gasteiger partial charge in [0.25, 0.3) is 0 Å². The van der Waals surface area contributed by atoms with E-state index in [1.165, 1.54) is 51.4 Å². The van der Waals surface area contributed by atoms with Gasteiger partial charge < -0.3 is 10.1 Å². The highest BCUT2D eigenvalue weighted by molar-refractivity contribution is 4.82. The standard InChI is InChI=1S/C14H27NO/c1-2-10-15-13-5-3-4-6-14(13)16-11-9-12-7-8-12/h12-15H,2-11H2,1H3. The largest absolute Gasteiger partial charge is 0.377 e. The van der Waals surface area contributed by atoms with Gasteiger partial charge >= 0.3 is 0 Å². The van der Waals surface area contributed by atoms with Crippen LogP contribution in [0.2, 0.25) is 0 Å². The molecule has 0 heterocycles. The van der Waals surface area contributed by atoms with E-state index in [2.05, 4.69) is 12.2 Å². The van der Waals surface area contributed by atoms with E-state index in [1.807, 2.05) is 0 Å². The second-order valence-electron chi connectivity index (χ2n) is 5.49. The fourth-order valence-corrected chi connectivity index (χ4v) is 2.65. The zero-order valence-corrected chi connectivity index (χ0v) is 10.7. The van der Waals surface area contributed by atoms with Crippen molar-refractivity contribution >= 4 is 0 Å². The van der Waals surface area contributed by atoms with Gasteiger partial charge in [0, 0.05) is 12.6 Å². The molecule has 0 aromatic carbocycles. The Morgan fingerprint density at radius 2 is 1.94 bits per heavy atom. The van der Waals surface area contributed by atoms with Crippen LogP contribution in [0.25, 0.3) is 0 Å². The Bertz CT molecular complexity index is 191. The van der Waals surface area contributed by atoms with Crippen molar-refractivity contribution in [2.45, 2.75) is 70.4 Å². The Morgan fingerprint density at radius 1 is 1.12 bits per heavy atom. The first-order valence-electron chi connectivity index (χ1n) is 7.25. The Balaban J connectivity index is 1.65. The van der Waals surface area contributed by atoms with Crippen LogP contribution in [-0.2, 0) is 4.74 Å². The zero-order chi connectivity index (χ0) is 11.2. The van der Waals surface area contributed by atoms with Crippen molar-refractivity contribution in [1.29, 1.82) is 0 Å². The maximum Gasteiger partial charge on any atom is 0.0728 e. The quantitative estimate of drug-likeness (QED) is 0.719. The minimum Gasteiger partial charge on any atom is -0.377 e. The minimum atomic E-state index is 0.499. The van der Waals surface area contributed by atoms with Gasteiger partial charge in [-0.25, -0.2) is 0 Å². The summed E-state index contributed by atoms with van der Waals surface area (Å²) in [5.41, 5.74) is 0. The van der Waals surface area contributed by atoms with Crippen molar-refractivity contribution in [1.82, 2.24) is 5.32 Å². The number of nitrogens with one attached hydrogen (secondary N) is 1. The maximum absolute atomic E-state index is 6.08. The Kier molecular flexibility index (Phi) is 5.11. The van der Waals surface area contributed by atoms with E-state index in [0.717, 1.165) is 19.1 Å². The van der Waals surface area contributed by atoms with Gasteiger partial charge in [0.15, 0.2) is 0 Å². The molecule has 0 saturated heterocycles. The molecule has 2 aliphatic carbocycles. The van der Waals surface area contributed by atoms with E-state index in [4.69, 9.17) is 4.74 Å². The molecular weight excluding hydrogens is 198 g/mol. The highest BCUT2D eigenvalue weighted by atomic mass is 16.5. The second kappa shape index (κ2) is 6.61. The Morgan fingerprint density at radius 3 is 2.69 bits per heavy atom. The molecule has 0 spiro atoms. The molecular formula is C14H27NO. The van der Waals surface area contributed by atoms with Gasteiger partial charge in [-0.05, 0) is 38.1 Å². The van der Waals surface area contributed by atoms with E-state index in [0.29, 0.717) is 12.1 Å². The molecule has 94 valence electrons. The highest BCUT2D eigenvalue weighted by Gasteiger charge is 2.26. The van der Waals surface area contributed by atoms with Crippen LogP contribution >= 0.6 is 0 Å². The van der Waals surface area contributed by atoms with Crippen molar-refractivity contribution in [3.63, 3.8) is 0 Å². The summed E-state index contributed by atoms with van der Waals surface area (Å²) in [6.07, 6.45) is 11.3. The van der Waals surface area contributed by atoms with E-state index < -0.39 is 0 Å². The predicted molar refractivity (Wildman–Crippen MR) is 67.6 cm³/mol. The lowest BCUT2D eigenvalue weighted by atomic mass is 9.92. The molecule has 0 aliphatic heterocycles. The molecule has 0 bridgehead atoms. The first kappa shape index (κ1) is 12.4. The lowest BCUT2D eigenvalue weighted by Gasteiger charge is -2.32. The summed E-state index contributed by atoms with van der Waals surface area (Å²) in [4.78, 5) is 0.